The van der Waals surface area contributed by atoms with Crippen molar-refractivity contribution in [3.63, 3.8) is 0 Å². The second-order valence-corrected chi connectivity index (χ2v) is 6.65. The molecule has 8 nitrogen and oxygen atoms in total. The number of benzene rings is 1. The number of sulfonamides is 2. The van der Waals surface area contributed by atoms with Crippen molar-refractivity contribution >= 4 is 20.0 Å². The largest absolute Gasteiger partial charge is 0.495 e. The predicted octanol–water partition coefficient (Wildman–Crippen LogP) is -1.04. The van der Waals surface area contributed by atoms with E-state index in [0.717, 1.165) is 12.1 Å². The van der Waals surface area contributed by atoms with E-state index in [1.54, 1.807) is 0 Å². The van der Waals surface area contributed by atoms with Crippen molar-refractivity contribution in [2.24, 2.45) is 10.3 Å². The van der Waals surface area contributed by atoms with Crippen molar-refractivity contribution in [3.8, 4) is 5.75 Å². The Bertz CT molecular complexity index is 681. The van der Waals surface area contributed by atoms with E-state index in [1.165, 1.54) is 7.11 Å². The molecular weight excluding hydrogens is 296 g/mol. The number of rotatable bonds is 5. The third kappa shape index (κ3) is 3.42. The SMILES string of the molecule is COc1ccc(S(N)(=O)=O)c(CC[O])c1S(N)(=O)=O. The number of hydrogen-bond donors (Lipinski definition) is 2. The van der Waals surface area contributed by atoms with Gasteiger partial charge >= 0.3 is 0 Å². The van der Waals surface area contributed by atoms with Gasteiger partial charge in [-0.2, -0.15) is 0 Å². The standard InChI is InChI=1S/C9H13N2O6S2/c1-17-7-2-3-8(18(10,13)14)6(4-5-12)9(7)19(11,15)16/h2-3H,4-5H2,1H3,(H2,10,13,14)(H2,11,15,16). The van der Waals surface area contributed by atoms with Gasteiger partial charge in [-0.1, -0.05) is 0 Å². The lowest BCUT2D eigenvalue weighted by atomic mass is 10.1. The lowest BCUT2D eigenvalue weighted by Gasteiger charge is -2.14. The normalized spacial score (nSPS) is 12.4. The third-order valence-electron chi connectivity index (χ3n) is 2.34. The molecule has 0 saturated heterocycles. The fraction of sp³-hybridized carbons (Fsp3) is 0.333. The number of ether oxygens (including phenoxy) is 1. The summed E-state index contributed by atoms with van der Waals surface area (Å²) < 4.78 is 50.7. The van der Waals surface area contributed by atoms with Crippen LogP contribution in [0.15, 0.2) is 21.9 Å². The lowest BCUT2D eigenvalue weighted by molar-refractivity contribution is 0.196. The van der Waals surface area contributed by atoms with Crippen LogP contribution in [0.25, 0.3) is 0 Å². The molecule has 0 atom stereocenters. The molecule has 0 heterocycles. The maximum atomic E-state index is 11.5. The molecule has 4 N–H and O–H groups in total. The summed E-state index contributed by atoms with van der Waals surface area (Å²) in [5.74, 6) is -0.140. The number of methoxy groups -OCH3 is 1. The number of hydrogen-bond acceptors (Lipinski definition) is 5. The van der Waals surface area contributed by atoms with E-state index in [9.17, 15) is 21.9 Å². The van der Waals surface area contributed by atoms with Gasteiger partial charge in [0.1, 0.15) is 10.6 Å². The van der Waals surface area contributed by atoms with E-state index in [1.807, 2.05) is 0 Å². The Balaban J connectivity index is 3.84. The molecule has 0 saturated carbocycles. The second-order valence-electron chi connectivity index (χ2n) is 3.62. The van der Waals surface area contributed by atoms with E-state index in [-0.39, 0.29) is 17.7 Å². The quantitative estimate of drug-likeness (QED) is 0.712. The van der Waals surface area contributed by atoms with Gasteiger partial charge in [-0.05, 0) is 17.7 Å². The predicted molar refractivity (Wildman–Crippen MR) is 65.0 cm³/mol. The van der Waals surface area contributed by atoms with Crippen LogP contribution in [0, 0.1) is 0 Å². The number of primary sulfonamides is 2. The van der Waals surface area contributed by atoms with Crippen molar-refractivity contribution in [1.29, 1.82) is 0 Å². The first kappa shape index (κ1) is 15.9. The summed E-state index contributed by atoms with van der Waals surface area (Å²) in [4.78, 5) is -0.981. The van der Waals surface area contributed by atoms with Crippen LogP contribution in [0.5, 0.6) is 5.75 Å². The fourth-order valence-corrected chi connectivity index (χ4v) is 3.52. The van der Waals surface area contributed by atoms with Crippen LogP contribution in [0.3, 0.4) is 0 Å². The highest BCUT2D eigenvalue weighted by Crippen LogP contribution is 2.31. The smallest absolute Gasteiger partial charge is 0.242 e. The average molecular weight is 309 g/mol. The van der Waals surface area contributed by atoms with Gasteiger partial charge < -0.3 is 4.74 Å². The zero-order valence-electron chi connectivity index (χ0n) is 9.99. The summed E-state index contributed by atoms with van der Waals surface area (Å²) >= 11 is 0. The molecular formula is C9H13N2O6S2. The van der Waals surface area contributed by atoms with Gasteiger partial charge in [0.05, 0.1) is 18.6 Å². The molecule has 0 aliphatic rings. The Hall–Kier alpha value is -1.20. The second kappa shape index (κ2) is 5.43. The molecule has 0 aromatic heterocycles. The Labute approximate surface area is 111 Å². The van der Waals surface area contributed by atoms with Crippen LogP contribution < -0.4 is 15.0 Å². The maximum absolute atomic E-state index is 11.5. The van der Waals surface area contributed by atoms with Gasteiger partial charge in [-0.15, -0.1) is 0 Å². The molecule has 0 aliphatic heterocycles. The van der Waals surface area contributed by atoms with Gasteiger partial charge in [0.15, 0.2) is 0 Å². The molecule has 0 amide bonds. The fourth-order valence-electron chi connectivity index (χ4n) is 1.67. The zero-order valence-corrected chi connectivity index (χ0v) is 11.6. The van der Waals surface area contributed by atoms with Crippen LogP contribution in [0.4, 0.5) is 0 Å². The minimum atomic E-state index is -4.27. The van der Waals surface area contributed by atoms with Gasteiger partial charge in [0.25, 0.3) is 0 Å². The van der Waals surface area contributed by atoms with E-state index < -0.39 is 36.4 Å². The monoisotopic (exact) mass is 309 g/mol. The minimum absolute atomic E-state index is 0.140. The third-order valence-corrected chi connectivity index (χ3v) is 4.36. The molecule has 107 valence electrons. The maximum Gasteiger partial charge on any atom is 0.242 e. The van der Waals surface area contributed by atoms with E-state index >= 15 is 0 Å². The Kier molecular flexibility index (Phi) is 4.53. The molecule has 19 heavy (non-hydrogen) atoms. The summed E-state index contributed by atoms with van der Waals surface area (Å²) in [5.41, 5.74) is -0.251. The molecule has 0 unspecified atom stereocenters. The average Bonchev–Trinajstić information content (AvgIpc) is 2.25. The highest BCUT2D eigenvalue weighted by Gasteiger charge is 2.26. The number of nitrogens with two attached hydrogens (primary N) is 2. The van der Waals surface area contributed by atoms with Crippen LogP contribution in [-0.4, -0.2) is 30.6 Å². The first-order valence-electron chi connectivity index (χ1n) is 4.96. The van der Waals surface area contributed by atoms with Crippen molar-refractivity contribution in [3.05, 3.63) is 17.7 Å². The van der Waals surface area contributed by atoms with Gasteiger partial charge in [-0.3, -0.25) is 0 Å². The van der Waals surface area contributed by atoms with Crippen molar-refractivity contribution in [1.82, 2.24) is 0 Å². The topological polar surface area (TPSA) is 149 Å². The van der Waals surface area contributed by atoms with Crippen molar-refractivity contribution in [2.45, 2.75) is 16.2 Å². The van der Waals surface area contributed by atoms with E-state index in [0.29, 0.717) is 0 Å². The van der Waals surface area contributed by atoms with Gasteiger partial charge in [0.2, 0.25) is 20.0 Å². The summed E-state index contributed by atoms with van der Waals surface area (Å²) in [6.45, 7) is -0.724. The highest BCUT2D eigenvalue weighted by atomic mass is 32.2. The summed E-state index contributed by atoms with van der Waals surface area (Å²) in [7, 11) is -7.25. The summed E-state index contributed by atoms with van der Waals surface area (Å²) in [6, 6.07) is 2.20. The van der Waals surface area contributed by atoms with Crippen LogP contribution in [0.1, 0.15) is 5.56 Å². The molecule has 10 heteroatoms. The molecule has 0 fully saturated rings. The van der Waals surface area contributed by atoms with Crippen LogP contribution in [-0.2, 0) is 31.6 Å². The summed E-state index contributed by atoms with van der Waals surface area (Å²) in [6.07, 6.45) is -0.352. The molecule has 0 spiro atoms. The Morgan fingerprint density at radius 1 is 1.11 bits per heavy atom. The molecule has 0 bridgehead atoms. The van der Waals surface area contributed by atoms with E-state index in [2.05, 4.69) is 0 Å². The first-order valence-corrected chi connectivity index (χ1v) is 8.05. The van der Waals surface area contributed by atoms with Crippen molar-refractivity contribution in [2.75, 3.05) is 13.7 Å². The first-order chi connectivity index (χ1) is 8.62. The molecule has 1 radical (unpaired) electrons. The lowest BCUT2D eigenvalue weighted by Crippen LogP contribution is -2.21. The van der Waals surface area contributed by atoms with E-state index in [4.69, 9.17) is 15.0 Å². The molecule has 1 aromatic rings. The molecule has 1 rings (SSSR count). The Morgan fingerprint density at radius 3 is 2.05 bits per heavy atom. The van der Waals surface area contributed by atoms with Gasteiger partial charge in [-0.25, -0.2) is 32.2 Å². The van der Waals surface area contributed by atoms with Crippen LogP contribution in [0.2, 0.25) is 0 Å². The Morgan fingerprint density at radius 2 is 1.68 bits per heavy atom. The van der Waals surface area contributed by atoms with Crippen molar-refractivity contribution < 1.29 is 26.7 Å². The molecule has 1 aromatic carbocycles. The minimum Gasteiger partial charge on any atom is -0.495 e. The highest BCUT2D eigenvalue weighted by molar-refractivity contribution is 7.90. The van der Waals surface area contributed by atoms with Crippen LogP contribution >= 0.6 is 0 Å². The summed E-state index contributed by atoms with van der Waals surface area (Å²) in [5, 5.41) is 20.8. The zero-order chi connectivity index (χ0) is 14.8. The van der Waals surface area contributed by atoms with Gasteiger partial charge in [0, 0.05) is 6.42 Å². The molecule has 0 aliphatic carbocycles.